The van der Waals surface area contributed by atoms with Gasteiger partial charge >= 0.3 is 0 Å². The van der Waals surface area contributed by atoms with Crippen molar-refractivity contribution >= 4 is 17.9 Å². The van der Waals surface area contributed by atoms with E-state index in [0.717, 1.165) is 55.0 Å². The third-order valence-corrected chi connectivity index (χ3v) is 7.01. The van der Waals surface area contributed by atoms with Crippen LogP contribution in [0.1, 0.15) is 49.6 Å². The number of aromatic nitrogens is 1. The first-order chi connectivity index (χ1) is 15.4. The summed E-state index contributed by atoms with van der Waals surface area (Å²) >= 11 is 0. The highest BCUT2D eigenvalue weighted by atomic mass is 16.2. The summed E-state index contributed by atoms with van der Waals surface area (Å²) in [6.45, 7) is 9.50. The highest BCUT2D eigenvalue weighted by molar-refractivity contribution is 5.92. The molecule has 2 amide bonds. The number of hydrogen-bond donors (Lipinski definition) is 0. The number of amides is 2. The Morgan fingerprint density at radius 1 is 0.969 bits per heavy atom. The van der Waals surface area contributed by atoms with E-state index in [-0.39, 0.29) is 11.8 Å². The van der Waals surface area contributed by atoms with E-state index in [2.05, 4.69) is 48.4 Å². The van der Waals surface area contributed by atoms with Crippen molar-refractivity contribution in [3.63, 3.8) is 0 Å². The van der Waals surface area contributed by atoms with Gasteiger partial charge in [0.25, 0.3) is 0 Å². The van der Waals surface area contributed by atoms with Crippen LogP contribution < -0.4 is 0 Å². The lowest BCUT2D eigenvalue weighted by Crippen LogP contribution is -2.46. The molecule has 0 radical (unpaired) electrons. The molecule has 1 aromatic carbocycles. The number of nitrogens with zero attached hydrogens (tertiary/aromatic N) is 3. The van der Waals surface area contributed by atoms with Crippen LogP contribution in [0, 0.1) is 25.7 Å². The van der Waals surface area contributed by atoms with Gasteiger partial charge in [0, 0.05) is 55.2 Å². The lowest BCUT2D eigenvalue weighted by molar-refractivity contribution is -0.140. The maximum atomic E-state index is 12.9. The first-order valence-electron chi connectivity index (χ1n) is 11.9. The van der Waals surface area contributed by atoms with Gasteiger partial charge in [-0.05, 0) is 75.3 Å². The normalized spacial score (nSPS) is 20.2. The number of rotatable bonds is 4. The highest BCUT2D eigenvalue weighted by Gasteiger charge is 2.31. The van der Waals surface area contributed by atoms with Gasteiger partial charge < -0.3 is 14.4 Å². The second-order valence-electron chi connectivity index (χ2n) is 9.46. The Balaban J connectivity index is 1.35. The lowest BCUT2D eigenvalue weighted by Gasteiger charge is -2.37. The monoisotopic (exact) mass is 433 g/mol. The molecule has 0 unspecified atom stereocenters. The fraction of sp³-hybridized carbons (Fsp3) is 0.481. The summed E-state index contributed by atoms with van der Waals surface area (Å²) in [7, 11) is 0. The molecule has 0 N–H and O–H groups in total. The van der Waals surface area contributed by atoms with Gasteiger partial charge in [0.05, 0.1) is 0 Å². The Hall–Kier alpha value is -2.82. The van der Waals surface area contributed by atoms with Gasteiger partial charge in [0.1, 0.15) is 0 Å². The van der Waals surface area contributed by atoms with Gasteiger partial charge in [0.2, 0.25) is 11.8 Å². The number of piperidine rings is 2. The standard InChI is InChI=1S/C27H35N3O2/c1-20-8-7-15-29(19-20)27(32)23-13-16-28(17-14-23)26(31)12-11-24-18-21(2)30(22(24)3)25-9-5-4-6-10-25/h4-6,9-12,18,20,23H,7-8,13-17,19H2,1-3H3/b12-11+/t20-/m0/s1. The molecule has 170 valence electrons. The van der Waals surface area contributed by atoms with Crippen LogP contribution in [-0.4, -0.2) is 52.4 Å². The van der Waals surface area contributed by atoms with Gasteiger partial charge in [-0.3, -0.25) is 9.59 Å². The molecule has 2 fully saturated rings. The van der Waals surface area contributed by atoms with Crippen molar-refractivity contribution in [1.82, 2.24) is 14.4 Å². The fourth-order valence-corrected chi connectivity index (χ4v) is 5.19. The Morgan fingerprint density at radius 3 is 2.38 bits per heavy atom. The third kappa shape index (κ3) is 4.82. The SMILES string of the molecule is Cc1cc(/C=C/C(=O)N2CCC(C(=O)N3CCC[C@H](C)C3)CC2)c(C)n1-c1ccccc1. The fourth-order valence-electron chi connectivity index (χ4n) is 5.19. The molecule has 0 spiro atoms. The number of carbonyl (C=O) groups excluding carboxylic acids is 2. The Morgan fingerprint density at radius 2 is 1.69 bits per heavy atom. The second kappa shape index (κ2) is 9.76. The molecule has 5 heteroatoms. The van der Waals surface area contributed by atoms with Crippen molar-refractivity contribution in [1.29, 1.82) is 0 Å². The number of benzene rings is 1. The van der Waals surface area contributed by atoms with E-state index in [0.29, 0.717) is 24.9 Å². The van der Waals surface area contributed by atoms with E-state index in [1.807, 2.05) is 29.2 Å². The minimum atomic E-state index is 0.0343. The van der Waals surface area contributed by atoms with E-state index in [9.17, 15) is 9.59 Å². The summed E-state index contributed by atoms with van der Waals surface area (Å²) in [5, 5.41) is 0. The van der Waals surface area contributed by atoms with E-state index in [1.54, 1.807) is 6.08 Å². The first kappa shape index (κ1) is 22.4. The highest BCUT2D eigenvalue weighted by Crippen LogP contribution is 2.25. The number of carbonyl (C=O) groups is 2. The molecule has 2 saturated heterocycles. The molecular weight excluding hydrogens is 398 g/mol. The topological polar surface area (TPSA) is 45.6 Å². The molecule has 5 nitrogen and oxygen atoms in total. The molecule has 0 bridgehead atoms. The number of hydrogen-bond acceptors (Lipinski definition) is 2. The molecule has 1 atom stereocenters. The number of aryl methyl sites for hydroxylation is 1. The molecule has 0 aliphatic carbocycles. The molecule has 3 heterocycles. The first-order valence-corrected chi connectivity index (χ1v) is 11.9. The van der Waals surface area contributed by atoms with Crippen LogP contribution in [0.5, 0.6) is 0 Å². The summed E-state index contributed by atoms with van der Waals surface area (Å²) in [5.41, 5.74) is 4.46. The summed E-state index contributed by atoms with van der Waals surface area (Å²) in [6.07, 6.45) is 7.48. The van der Waals surface area contributed by atoms with Crippen LogP contribution >= 0.6 is 0 Å². The molecule has 2 aliphatic rings. The maximum absolute atomic E-state index is 12.9. The third-order valence-electron chi connectivity index (χ3n) is 7.01. The van der Waals surface area contributed by atoms with Crippen LogP contribution in [0.25, 0.3) is 11.8 Å². The molecule has 1 aromatic heterocycles. The van der Waals surface area contributed by atoms with E-state index in [1.165, 1.54) is 6.42 Å². The van der Waals surface area contributed by atoms with Gasteiger partial charge in [0.15, 0.2) is 0 Å². The zero-order valence-corrected chi connectivity index (χ0v) is 19.6. The van der Waals surface area contributed by atoms with Crippen LogP contribution in [0.4, 0.5) is 0 Å². The summed E-state index contributed by atoms with van der Waals surface area (Å²) in [6, 6.07) is 12.4. The van der Waals surface area contributed by atoms with Crippen LogP contribution in [0.2, 0.25) is 0 Å². The quantitative estimate of drug-likeness (QED) is 0.662. The average molecular weight is 434 g/mol. The molecular formula is C27H35N3O2. The van der Waals surface area contributed by atoms with Gasteiger partial charge in [-0.15, -0.1) is 0 Å². The zero-order chi connectivity index (χ0) is 22.7. The zero-order valence-electron chi connectivity index (χ0n) is 19.6. The minimum absolute atomic E-state index is 0.0343. The summed E-state index contributed by atoms with van der Waals surface area (Å²) in [5.74, 6) is 1.00. The minimum Gasteiger partial charge on any atom is -0.342 e. The number of para-hydroxylation sites is 1. The van der Waals surface area contributed by atoms with Crippen molar-refractivity contribution in [3.05, 3.63) is 59.4 Å². The van der Waals surface area contributed by atoms with Crippen LogP contribution in [0.15, 0.2) is 42.5 Å². The molecule has 4 rings (SSSR count). The van der Waals surface area contributed by atoms with E-state index in [4.69, 9.17) is 0 Å². The maximum Gasteiger partial charge on any atom is 0.246 e. The average Bonchev–Trinajstić information content (AvgIpc) is 3.10. The van der Waals surface area contributed by atoms with Gasteiger partial charge in [-0.2, -0.15) is 0 Å². The summed E-state index contributed by atoms with van der Waals surface area (Å²) < 4.78 is 2.21. The van der Waals surface area contributed by atoms with Crippen molar-refractivity contribution in [2.45, 2.75) is 46.5 Å². The second-order valence-corrected chi connectivity index (χ2v) is 9.46. The van der Waals surface area contributed by atoms with Gasteiger partial charge in [-0.25, -0.2) is 0 Å². The molecule has 0 saturated carbocycles. The van der Waals surface area contributed by atoms with Crippen molar-refractivity contribution in [2.24, 2.45) is 11.8 Å². The van der Waals surface area contributed by atoms with E-state index < -0.39 is 0 Å². The van der Waals surface area contributed by atoms with Crippen molar-refractivity contribution in [3.8, 4) is 5.69 Å². The predicted molar refractivity (Wildman–Crippen MR) is 129 cm³/mol. The van der Waals surface area contributed by atoms with Crippen LogP contribution in [-0.2, 0) is 9.59 Å². The van der Waals surface area contributed by atoms with Gasteiger partial charge in [-0.1, -0.05) is 25.1 Å². The Labute approximate surface area is 191 Å². The van der Waals surface area contributed by atoms with Crippen LogP contribution in [0.3, 0.4) is 0 Å². The molecule has 2 aliphatic heterocycles. The number of likely N-dealkylation sites (tertiary alicyclic amines) is 2. The Kier molecular flexibility index (Phi) is 6.83. The Bertz CT molecular complexity index is 984. The van der Waals surface area contributed by atoms with E-state index >= 15 is 0 Å². The predicted octanol–water partition coefficient (Wildman–Crippen LogP) is 4.60. The molecule has 2 aromatic rings. The van der Waals surface area contributed by atoms with Crippen molar-refractivity contribution in [2.75, 3.05) is 26.2 Å². The molecule has 32 heavy (non-hydrogen) atoms. The smallest absolute Gasteiger partial charge is 0.246 e. The summed E-state index contributed by atoms with van der Waals surface area (Å²) in [4.78, 5) is 29.6. The lowest BCUT2D eigenvalue weighted by atomic mass is 9.92. The largest absolute Gasteiger partial charge is 0.342 e. The van der Waals surface area contributed by atoms with Crippen molar-refractivity contribution < 1.29 is 9.59 Å².